The highest BCUT2D eigenvalue weighted by atomic mass is 16.3. The van der Waals surface area contributed by atoms with E-state index in [0.717, 1.165) is 5.56 Å². The lowest BCUT2D eigenvalue weighted by Gasteiger charge is -2.33. The van der Waals surface area contributed by atoms with Gasteiger partial charge in [-0.05, 0) is 30.9 Å². The van der Waals surface area contributed by atoms with E-state index in [1.807, 2.05) is 37.1 Å². The van der Waals surface area contributed by atoms with Crippen molar-refractivity contribution in [3.63, 3.8) is 0 Å². The number of pyridine rings is 1. The van der Waals surface area contributed by atoms with Gasteiger partial charge in [0.2, 0.25) is 5.91 Å². The first kappa shape index (κ1) is 16.6. The number of hydrogen-bond donors (Lipinski definition) is 1. The second-order valence-electron chi connectivity index (χ2n) is 5.27. The van der Waals surface area contributed by atoms with Gasteiger partial charge in [-0.15, -0.1) is 0 Å². The molecule has 111 valence electrons. The van der Waals surface area contributed by atoms with Gasteiger partial charge >= 0.3 is 0 Å². The molecule has 0 aromatic carbocycles. The Hall–Kier alpha value is -1.42. The van der Waals surface area contributed by atoms with Crippen molar-refractivity contribution in [3.8, 4) is 0 Å². The van der Waals surface area contributed by atoms with Crippen LogP contribution in [0.4, 0.5) is 0 Å². The third-order valence-electron chi connectivity index (χ3n) is 3.27. The Morgan fingerprint density at radius 3 is 2.75 bits per heavy atom. The Morgan fingerprint density at radius 2 is 2.25 bits per heavy atom. The van der Waals surface area contributed by atoms with Crippen LogP contribution in [-0.4, -0.2) is 40.1 Å². The third kappa shape index (κ3) is 4.93. The lowest BCUT2D eigenvalue weighted by molar-refractivity contribution is -0.137. The molecule has 1 N–H and O–H groups in total. The standard InChI is InChI=1S/C16H25N2O2/c1-4-9-18(16(20)13(2)3)15(7-10-19)11-14-6-5-8-17-12-14/h5-6,8,12-13,15,19H,1,4,7,9-11H2,2-3H3. The van der Waals surface area contributed by atoms with E-state index in [1.54, 1.807) is 6.20 Å². The summed E-state index contributed by atoms with van der Waals surface area (Å²) in [6, 6.07) is 3.89. The molecule has 0 aliphatic carbocycles. The lowest BCUT2D eigenvalue weighted by Crippen LogP contribution is -2.44. The zero-order valence-corrected chi connectivity index (χ0v) is 12.5. The number of amides is 1. The van der Waals surface area contributed by atoms with Gasteiger partial charge in [0.15, 0.2) is 0 Å². The molecular weight excluding hydrogens is 252 g/mol. The molecular formula is C16H25N2O2. The van der Waals surface area contributed by atoms with E-state index in [-0.39, 0.29) is 24.5 Å². The van der Waals surface area contributed by atoms with Crippen LogP contribution in [0.3, 0.4) is 0 Å². The highest BCUT2D eigenvalue weighted by Gasteiger charge is 2.24. The molecule has 1 rings (SSSR count). The van der Waals surface area contributed by atoms with Crippen LogP contribution in [0.25, 0.3) is 0 Å². The summed E-state index contributed by atoms with van der Waals surface area (Å²) >= 11 is 0. The molecule has 0 spiro atoms. The van der Waals surface area contributed by atoms with E-state index < -0.39 is 0 Å². The van der Waals surface area contributed by atoms with E-state index in [0.29, 0.717) is 25.8 Å². The summed E-state index contributed by atoms with van der Waals surface area (Å²) in [7, 11) is 0. The predicted molar refractivity (Wildman–Crippen MR) is 80.0 cm³/mol. The van der Waals surface area contributed by atoms with Crippen LogP contribution in [-0.2, 0) is 11.2 Å². The Balaban J connectivity index is 2.86. The lowest BCUT2D eigenvalue weighted by atomic mass is 10.0. The highest BCUT2D eigenvalue weighted by Crippen LogP contribution is 2.15. The number of carbonyl (C=O) groups excluding carboxylic acids is 1. The molecule has 0 saturated carbocycles. The van der Waals surface area contributed by atoms with E-state index >= 15 is 0 Å². The van der Waals surface area contributed by atoms with Crippen LogP contribution in [0.1, 0.15) is 32.3 Å². The summed E-state index contributed by atoms with van der Waals surface area (Å²) in [5.74, 6) is 0.0765. The average Bonchev–Trinajstić information content (AvgIpc) is 2.44. The Morgan fingerprint density at radius 1 is 1.50 bits per heavy atom. The van der Waals surface area contributed by atoms with Crippen molar-refractivity contribution in [1.82, 2.24) is 9.88 Å². The van der Waals surface area contributed by atoms with Crippen molar-refractivity contribution in [2.24, 2.45) is 5.92 Å². The van der Waals surface area contributed by atoms with Crippen LogP contribution in [0, 0.1) is 12.8 Å². The number of aromatic nitrogens is 1. The van der Waals surface area contributed by atoms with Crippen molar-refractivity contribution in [2.75, 3.05) is 13.2 Å². The molecule has 0 saturated heterocycles. The smallest absolute Gasteiger partial charge is 0.225 e. The van der Waals surface area contributed by atoms with Gasteiger partial charge in [-0.1, -0.05) is 26.8 Å². The van der Waals surface area contributed by atoms with Gasteiger partial charge in [-0.2, -0.15) is 0 Å². The maximum atomic E-state index is 12.3. The monoisotopic (exact) mass is 277 g/mol. The van der Waals surface area contributed by atoms with Gasteiger partial charge in [0.25, 0.3) is 0 Å². The normalized spacial score (nSPS) is 12.4. The van der Waals surface area contributed by atoms with Crippen LogP contribution < -0.4 is 0 Å². The maximum Gasteiger partial charge on any atom is 0.225 e. The van der Waals surface area contributed by atoms with Crippen molar-refractivity contribution in [2.45, 2.75) is 39.2 Å². The number of rotatable bonds is 8. The molecule has 4 heteroatoms. The number of aliphatic hydroxyl groups excluding tert-OH is 1. The number of hydrogen-bond acceptors (Lipinski definition) is 3. The Bertz CT molecular complexity index is 393. The Labute approximate surface area is 121 Å². The number of aliphatic hydroxyl groups is 1. The fourth-order valence-corrected chi connectivity index (χ4v) is 2.28. The quantitative estimate of drug-likeness (QED) is 0.791. The second-order valence-corrected chi connectivity index (χ2v) is 5.27. The first-order valence-corrected chi connectivity index (χ1v) is 7.19. The fourth-order valence-electron chi connectivity index (χ4n) is 2.28. The molecule has 1 atom stereocenters. The summed E-state index contributed by atoms with van der Waals surface area (Å²) in [6.45, 7) is 8.35. The van der Waals surface area contributed by atoms with Gasteiger partial charge in [0.1, 0.15) is 0 Å². The molecule has 20 heavy (non-hydrogen) atoms. The average molecular weight is 277 g/mol. The SMILES string of the molecule is [CH2]CCN(C(=O)C(C)C)C(CCO)Cc1cccnc1. The molecule has 1 radical (unpaired) electrons. The van der Waals surface area contributed by atoms with Gasteiger partial charge in [-0.3, -0.25) is 9.78 Å². The molecule has 1 unspecified atom stereocenters. The van der Waals surface area contributed by atoms with Crippen molar-refractivity contribution in [1.29, 1.82) is 0 Å². The molecule has 0 aliphatic rings. The molecule has 1 aromatic rings. The zero-order chi connectivity index (χ0) is 15.0. The largest absolute Gasteiger partial charge is 0.396 e. The molecule has 0 fully saturated rings. The van der Waals surface area contributed by atoms with Crippen molar-refractivity contribution in [3.05, 3.63) is 37.0 Å². The van der Waals surface area contributed by atoms with Crippen LogP contribution in [0.5, 0.6) is 0 Å². The Kier molecular flexibility index (Phi) is 7.23. The van der Waals surface area contributed by atoms with Crippen LogP contribution >= 0.6 is 0 Å². The van der Waals surface area contributed by atoms with Gasteiger partial charge in [0.05, 0.1) is 0 Å². The van der Waals surface area contributed by atoms with Gasteiger partial charge in [-0.25, -0.2) is 0 Å². The molecule has 4 nitrogen and oxygen atoms in total. The highest BCUT2D eigenvalue weighted by molar-refractivity contribution is 5.78. The van der Waals surface area contributed by atoms with E-state index in [1.165, 1.54) is 0 Å². The second kappa shape index (κ2) is 8.69. The third-order valence-corrected chi connectivity index (χ3v) is 3.27. The first-order valence-electron chi connectivity index (χ1n) is 7.19. The minimum absolute atomic E-state index is 0.000787. The van der Waals surface area contributed by atoms with Crippen molar-refractivity contribution >= 4 is 5.91 Å². The summed E-state index contributed by atoms with van der Waals surface area (Å²) in [4.78, 5) is 18.3. The molecule has 1 aromatic heterocycles. The summed E-state index contributed by atoms with van der Waals surface area (Å²) in [6.07, 6.45) is 5.51. The first-order chi connectivity index (χ1) is 9.60. The number of nitrogens with zero attached hydrogens (tertiary/aromatic N) is 2. The summed E-state index contributed by atoms with van der Waals surface area (Å²) in [5, 5.41) is 9.28. The number of carbonyl (C=O) groups is 1. The van der Waals surface area contributed by atoms with E-state index in [9.17, 15) is 9.90 Å². The fraction of sp³-hybridized carbons (Fsp3) is 0.562. The summed E-state index contributed by atoms with van der Waals surface area (Å²) < 4.78 is 0. The van der Waals surface area contributed by atoms with E-state index in [2.05, 4.69) is 11.9 Å². The van der Waals surface area contributed by atoms with Crippen molar-refractivity contribution < 1.29 is 9.90 Å². The van der Waals surface area contributed by atoms with Crippen LogP contribution in [0.2, 0.25) is 0 Å². The molecule has 0 bridgehead atoms. The van der Waals surface area contributed by atoms with Crippen LogP contribution in [0.15, 0.2) is 24.5 Å². The molecule has 0 aliphatic heterocycles. The minimum atomic E-state index is -0.0448. The minimum Gasteiger partial charge on any atom is -0.396 e. The predicted octanol–water partition coefficient (Wildman–Crippen LogP) is 2.08. The van der Waals surface area contributed by atoms with E-state index in [4.69, 9.17) is 0 Å². The topological polar surface area (TPSA) is 53.4 Å². The molecule has 1 heterocycles. The zero-order valence-electron chi connectivity index (χ0n) is 12.5. The molecule has 1 amide bonds. The van der Waals surface area contributed by atoms with Gasteiger partial charge < -0.3 is 10.0 Å². The van der Waals surface area contributed by atoms with Gasteiger partial charge in [0, 0.05) is 37.5 Å². The maximum absolute atomic E-state index is 12.3. The summed E-state index contributed by atoms with van der Waals surface area (Å²) in [5.41, 5.74) is 1.08.